The van der Waals surface area contributed by atoms with E-state index < -0.39 is 29.7 Å². The Morgan fingerprint density at radius 3 is 2.07 bits per heavy atom. The van der Waals surface area contributed by atoms with Crippen LogP contribution < -0.4 is 20.1 Å². The number of carbonyl (C=O) groups is 5. The van der Waals surface area contributed by atoms with Crippen LogP contribution in [0.3, 0.4) is 0 Å². The minimum absolute atomic E-state index is 0.0685. The molecular formula is C34H41N3O8. The minimum Gasteiger partial charge on any atom is -0.494 e. The number of nitrogens with zero attached hydrogens (tertiary/aromatic N) is 1. The number of hydrogen-bond acceptors (Lipinski definition) is 8. The van der Waals surface area contributed by atoms with E-state index in [0.29, 0.717) is 56.3 Å². The Bertz CT molecular complexity index is 1470. The molecule has 1 saturated carbocycles. The molecule has 2 N–H and O–H groups in total. The molecule has 2 aromatic carbocycles. The molecule has 2 aromatic rings. The van der Waals surface area contributed by atoms with Crippen molar-refractivity contribution >= 4 is 29.5 Å². The van der Waals surface area contributed by atoms with Gasteiger partial charge >= 0.3 is 0 Å². The van der Waals surface area contributed by atoms with Crippen LogP contribution in [0.1, 0.15) is 90.9 Å². The molecule has 3 aliphatic rings. The first kappa shape index (κ1) is 32.2. The van der Waals surface area contributed by atoms with E-state index >= 15 is 0 Å². The summed E-state index contributed by atoms with van der Waals surface area (Å²) >= 11 is 0. The number of fused-ring (bicyclic) bond motifs is 1. The largest absolute Gasteiger partial charge is 0.494 e. The van der Waals surface area contributed by atoms with Gasteiger partial charge in [0, 0.05) is 44.1 Å². The number of imide groups is 2. The van der Waals surface area contributed by atoms with Crippen LogP contribution in [0.4, 0.5) is 0 Å². The lowest BCUT2D eigenvalue weighted by Crippen LogP contribution is -2.63. The van der Waals surface area contributed by atoms with E-state index in [9.17, 15) is 24.0 Å². The zero-order chi connectivity index (χ0) is 32.4. The van der Waals surface area contributed by atoms with Crippen LogP contribution in [0.25, 0.3) is 0 Å². The number of ether oxygens (including phenoxy) is 3. The highest BCUT2D eigenvalue weighted by Gasteiger charge is 2.53. The molecule has 45 heavy (non-hydrogen) atoms. The van der Waals surface area contributed by atoms with Gasteiger partial charge in [-0.25, -0.2) is 0 Å². The van der Waals surface area contributed by atoms with Gasteiger partial charge in [-0.05, 0) is 66.1 Å². The van der Waals surface area contributed by atoms with Gasteiger partial charge in [0.2, 0.25) is 11.8 Å². The first-order chi connectivity index (χ1) is 21.4. The molecule has 0 spiro atoms. The zero-order valence-electron chi connectivity index (χ0n) is 26.3. The Labute approximate surface area is 263 Å². The summed E-state index contributed by atoms with van der Waals surface area (Å²) in [5, 5.41) is 5.38. The summed E-state index contributed by atoms with van der Waals surface area (Å²) in [6.45, 7) is 10.6. The fourth-order valence-electron chi connectivity index (χ4n) is 6.96. The van der Waals surface area contributed by atoms with E-state index in [1.165, 1.54) is 12.1 Å². The zero-order valence-corrected chi connectivity index (χ0v) is 26.3. The third-order valence-corrected chi connectivity index (χ3v) is 8.68. The smallest absolute Gasteiger partial charge is 0.262 e. The van der Waals surface area contributed by atoms with Crippen LogP contribution in [0, 0.1) is 10.8 Å². The number of hydrogen-bond donors (Lipinski definition) is 2. The summed E-state index contributed by atoms with van der Waals surface area (Å²) in [4.78, 5) is 63.1. The van der Waals surface area contributed by atoms with Crippen molar-refractivity contribution in [1.29, 1.82) is 0 Å². The molecule has 1 unspecified atom stereocenters. The van der Waals surface area contributed by atoms with Gasteiger partial charge in [-0.2, -0.15) is 0 Å². The second kappa shape index (κ2) is 13.0. The molecule has 2 heterocycles. The molecule has 1 aliphatic carbocycles. The van der Waals surface area contributed by atoms with Crippen molar-refractivity contribution in [3.8, 4) is 11.5 Å². The normalized spacial score (nSPS) is 20.4. The van der Waals surface area contributed by atoms with Crippen LogP contribution in [0.15, 0.2) is 42.5 Å². The van der Waals surface area contributed by atoms with Crippen LogP contribution in [-0.4, -0.2) is 72.9 Å². The average molecular weight is 620 g/mol. The molecule has 11 nitrogen and oxygen atoms in total. The quantitative estimate of drug-likeness (QED) is 0.254. The lowest BCUT2D eigenvalue weighted by molar-refractivity contribution is -0.136. The van der Waals surface area contributed by atoms with E-state index in [1.807, 2.05) is 0 Å². The monoisotopic (exact) mass is 619 g/mol. The highest BCUT2D eigenvalue weighted by atomic mass is 16.5. The SMILES string of the molecule is CC1(C)CC(C)(C)C1NC(=O)c1ccc(OCCCOCCCOc2ccc3c(c2)C(=O)N(C2CCC(=O)NC2=O)C3=O)cc1. The van der Waals surface area contributed by atoms with E-state index in [1.54, 1.807) is 30.3 Å². The molecule has 5 amide bonds. The summed E-state index contributed by atoms with van der Waals surface area (Å²) < 4.78 is 17.2. The maximum Gasteiger partial charge on any atom is 0.262 e. The van der Waals surface area contributed by atoms with Gasteiger partial charge in [0.25, 0.3) is 17.7 Å². The maximum absolute atomic E-state index is 12.9. The lowest BCUT2D eigenvalue weighted by Gasteiger charge is -2.57. The average Bonchev–Trinajstić information content (AvgIpc) is 3.23. The molecule has 0 radical (unpaired) electrons. The number of nitrogens with one attached hydrogen (secondary N) is 2. The Morgan fingerprint density at radius 2 is 1.44 bits per heavy atom. The highest BCUT2D eigenvalue weighted by molar-refractivity contribution is 6.23. The van der Waals surface area contributed by atoms with Crippen LogP contribution in [0.5, 0.6) is 11.5 Å². The summed E-state index contributed by atoms with van der Waals surface area (Å²) in [5.74, 6) is -1.11. The second-order valence-corrected chi connectivity index (χ2v) is 13.3. The Hall–Kier alpha value is -4.25. The minimum atomic E-state index is -1.00. The first-order valence-corrected chi connectivity index (χ1v) is 15.5. The van der Waals surface area contributed by atoms with Gasteiger partial charge in [-0.1, -0.05) is 27.7 Å². The van der Waals surface area contributed by atoms with Crippen molar-refractivity contribution in [2.75, 3.05) is 26.4 Å². The van der Waals surface area contributed by atoms with Crippen LogP contribution in [0.2, 0.25) is 0 Å². The van der Waals surface area contributed by atoms with E-state index in [0.717, 1.165) is 11.3 Å². The van der Waals surface area contributed by atoms with E-state index in [-0.39, 0.29) is 46.7 Å². The summed E-state index contributed by atoms with van der Waals surface area (Å²) in [6, 6.07) is 10.9. The Morgan fingerprint density at radius 1 is 0.844 bits per heavy atom. The van der Waals surface area contributed by atoms with Gasteiger partial charge < -0.3 is 19.5 Å². The molecular weight excluding hydrogens is 578 g/mol. The van der Waals surface area contributed by atoms with Crippen LogP contribution in [-0.2, 0) is 14.3 Å². The molecule has 5 rings (SSSR count). The molecule has 11 heteroatoms. The number of carbonyl (C=O) groups excluding carboxylic acids is 5. The van der Waals surface area contributed by atoms with Gasteiger partial charge in [0.15, 0.2) is 0 Å². The Balaban J connectivity index is 0.961. The maximum atomic E-state index is 12.9. The van der Waals surface area contributed by atoms with Gasteiger partial charge in [0.05, 0.1) is 24.3 Å². The molecule has 0 bridgehead atoms. The number of benzene rings is 2. The van der Waals surface area contributed by atoms with Crippen molar-refractivity contribution in [3.63, 3.8) is 0 Å². The van der Waals surface area contributed by atoms with Gasteiger partial charge in [0.1, 0.15) is 17.5 Å². The predicted molar refractivity (Wildman–Crippen MR) is 164 cm³/mol. The second-order valence-electron chi connectivity index (χ2n) is 13.3. The number of piperidine rings is 1. The summed E-state index contributed by atoms with van der Waals surface area (Å²) in [7, 11) is 0. The van der Waals surface area contributed by atoms with E-state index in [2.05, 4.69) is 38.3 Å². The Kier molecular flexibility index (Phi) is 9.29. The molecule has 1 atom stereocenters. The third-order valence-electron chi connectivity index (χ3n) is 8.68. The standard InChI is InChI=1S/C34H41N3O8/c1-33(2)20-34(3,4)32(33)36-28(39)21-7-9-22(10-8-21)44-17-5-15-43-16-6-18-45-23-11-12-24-25(19-23)31(42)37(30(24)41)26-13-14-27(38)35-29(26)40/h7-12,19,26,32H,5-6,13-18,20H2,1-4H3,(H,36,39)(H,35,38,40). The highest BCUT2D eigenvalue weighted by Crippen LogP contribution is 2.53. The van der Waals surface area contributed by atoms with E-state index in [4.69, 9.17) is 14.2 Å². The molecule has 2 fully saturated rings. The third kappa shape index (κ3) is 7.03. The van der Waals surface area contributed by atoms with Crippen molar-refractivity contribution in [2.45, 2.75) is 71.9 Å². The van der Waals surface area contributed by atoms with Gasteiger partial charge in [-0.3, -0.25) is 34.2 Å². The molecule has 2 aliphatic heterocycles. The fourth-order valence-corrected chi connectivity index (χ4v) is 6.96. The number of rotatable bonds is 13. The predicted octanol–water partition coefficient (Wildman–Crippen LogP) is 3.90. The number of amides is 5. The van der Waals surface area contributed by atoms with Crippen molar-refractivity contribution in [2.24, 2.45) is 10.8 Å². The van der Waals surface area contributed by atoms with Crippen molar-refractivity contribution < 1.29 is 38.2 Å². The van der Waals surface area contributed by atoms with Crippen LogP contribution >= 0.6 is 0 Å². The van der Waals surface area contributed by atoms with Crippen molar-refractivity contribution in [1.82, 2.24) is 15.5 Å². The van der Waals surface area contributed by atoms with Crippen molar-refractivity contribution in [3.05, 3.63) is 59.2 Å². The van der Waals surface area contributed by atoms with Gasteiger partial charge in [-0.15, -0.1) is 0 Å². The summed E-state index contributed by atoms with van der Waals surface area (Å²) in [6.07, 6.45) is 2.57. The fraction of sp³-hybridized carbons (Fsp3) is 0.500. The molecule has 1 saturated heterocycles. The summed E-state index contributed by atoms with van der Waals surface area (Å²) in [5.41, 5.74) is 1.18. The lowest BCUT2D eigenvalue weighted by atomic mass is 9.52. The molecule has 0 aromatic heterocycles. The topological polar surface area (TPSA) is 140 Å². The first-order valence-electron chi connectivity index (χ1n) is 15.5. The molecule has 240 valence electrons.